The van der Waals surface area contributed by atoms with E-state index in [0.717, 1.165) is 43.8 Å². The van der Waals surface area contributed by atoms with Crippen molar-refractivity contribution >= 4 is 28.8 Å². The zero-order valence-electron chi connectivity index (χ0n) is 15.9. The van der Waals surface area contributed by atoms with E-state index >= 15 is 0 Å². The summed E-state index contributed by atoms with van der Waals surface area (Å²) in [6.07, 6.45) is -2.83. The Morgan fingerprint density at radius 1 is 1.10 bits per heavy atom. The quantitative estimate of drug-likeness (QED) is 0.742. The van der Waals surface area contributed by atoms with Crippen LogP contribution in [0.25, 0.3) is 0 Å². The molecule has 0 saturated carbocycles. The molecule has 0 radical (unpaired) electrons. The van der Waals surface area contributed by atoms with Crippen LogP contribution in [0.2, 0.25) is 0 Å². The Morgan fingerprint density at radius 3 is 2.50 bits per heavy atom. The Balaban J connectivity index is 1.41. The molecular weight excluding hydrogens is 419 g/mol. The van der Waals surface area contributed by atoms with E-state index in [9.17, 15) is 22.8 Å². The molecule has 1 aromatic heterocycles. The van der Waals surface area contributed by atoms with Crippen LogP contribution in [0, 0.1) is 5.92 Å². The zero-order chi connectivity index (χ0) is 21.3. The minimum atomic E-state index is -5.00. The predicted molar refractivity (Wildman–Crippen MR) is 106 cm³/mol. The summed E-state index contributed by atoms with van der Waals surface area (Å²) in [5.74, 6) is -1.71. The fraction of sp³-hybridized carbons (Fsp3) is 0.400. The average molecular weight is 439 g/mol. The fourth-order valence-electron chi connectivity index (χ4n) is 3.83. The first-order valence-electron chi connectivity index (χ1n) is 9.58. The molecule has 0 unspecified atom stereocenters. The number of piperidine rings is 3. The Hall–Kier alpha value is -2.59. The molecule has 5 rings (SSSR count). The molecule has 0 spiro atoms. The van der Waals surface area contributed by atoms with Crippen molar-refractivity contribution in [3.8, 4) is 10.8 Å². The summed E-state index contributed by atoms with van der Waals surface area (Å²) in [6, 6.07) is 9.15. The first-order chi connectivity index (χ1) is 14.3. The van der Waals surface area contributed by atoms with Gasteiger partial charge in [0, 0.05) is 12.6 Å². The summed E-state index contributed by atoms with van der Waals surface area (Å²) in [6.45, 7) is 3.02. The van der Waals surface area contributed by atoms with Crippen molar-refractivity contribution in [2.24, 2.45) is 5.92 Å². The second kappa shape index (κ2) is 8.27. The van der Waals surface area contributed by atoms with Crippen molar-refractivity contribution in [2.45, 2.75) is 25.1 Å². The standard InChI is InChI=1S/C20H20F3N3O3S/c21-20(22,23)19(28)25-13-3-1-2-4-15(13)29-17-6-5-16(30-17)18(27)24-14-11-26-9-7-12(14)8-10-26/h1-6,12,14H,7-11H2,(H,24,27)(H,25,28)/t14-/m0/s1. The van der Waals surface area contributed by atoms with Crippen LogP contribution in [-0.4, -0.2) is 48.6 Å². The highest BCUT2D eigenvalue weighted by Gasteiger charge is 2.39. The van der Waals surface area contributed by atoms with Crippen LogP contribution in [-0.2, 0) is 4.79 Å². The van der Waals surface area contributed by atoms with Crippen LogP contribution >= 0.6 is 11.3 Å². The number of hydrogen-bond donors (Lipinski definition) is 2. The van der Waals surface area contributed by atoms with Gasteiger partial charge in [-0.1, -0.05) is 23.5 Å². The number of carbonyl (C=O) groups is 2. The van der Waals surface area contributed by atoms with Crippen molar-refractivity contribution in [1.82, 2.24) is 10.2 Å². The Labute approximate surface area is 175 Å². The lowest BCUT2D eigenvalue weighted by Crippen LogP contribution is -2.57. The first kappa shape index (κ1) is 20.7. The monoisotopic (exact) mass is 439 g/mol. The third kappa shape index (κ3) is 4.59. The second-order valence-corrected chi connectivity index (χ2v) is 8.43. The highest BCUT2D eigenvalue weighted by molar-refractivity contribution is 7.15. The molecule has 1 atom stereocenters. The number of nitrogens with one attached hydrogen (secondary N) is 2. The lowest BCUT2D eigenvalue weighted by molar-refractivity contribution is -0.167. The number of benzene rings is 1. The average Bonchev–Trinajstić information content (AvgIpc) is 3.18. The SMILES string of the molecule is O=C(N[C@H]1CN2CCC1CC2)c1ccc(Oc2ccccc2NC(=O)C(F)(F)F)s1. The van der Waals surface area contributed by atoms with Gasteiger partial charge < -0.3 is 20.3 Å². The topological polar surface area (TPSA) is 70.7 Å². The molecular formula is C20H20F3N3O3S. The zero-order valence-corrected chi connectivity index (χ0v) is 16.7. The van der Waals surface area contributed by atoms with Crippen LogP contribution in [0.15, 0.2) is 36.4 Å². The number of hydrogen-bond acceptors (Lipinski definition) is 5. The molecule has 6 nitrogen and oxygen atoms in total. The molecule has 10 heteroatoms. The molecule has 3 aliphatic heterocycles. The summed E-state index contributed by atoms with van der Waals surface area (Å²) >= 11 is 1.09. The van der Waals surface area contributed by atoms with Gasteiger partial charge in [-0.05, 0) is 56.1 Å². The molecule has 30 heavy (non-hydrogen) atoms. The van der Waals surface area contributed by atoms with Crippen LogP contribution in [0.4, 0.5) is 18.9 Å². The van der Waals surface area contributed by atoms with Crippen molar-refractivity contribution < 1.29 is 27.5 Å². The molecule has 2 bridgehead atoms. The molecule has 3 aliphatic rings. The van der Waals surface area contributed by atoms with E-state index in [-0.39, 0.29) is 23.4 Å². The number of carbonyl (C=O) groups excluding carboxylic acids is 2. The number of fused-ring (bicyclic) bond motifs is 3. The van der Waals surface area contributed by atoms with E-state index in [1.807, 2.05) is 0 Å². The van der Waals surface area contributed by atoms with Gasteiger partial charge >= 0.3 is 12.1 Å². The second-order valence-electron chi connectivity index (χ2n) is 7.39. The van der Waals surface area contributed by atoms with Gasteiger partial charge in [0.15, 0.2) is 10.8 Å². The van der Waals surface area contributed by atoms with Gasteiger partial charge in [-0.25, -0.2) is 0 Å². The van der Waals surface area contributed by atoms with E-state index < -0.39 is 12.1 Å². The van der Waals surface area contributed by atoms with E-state index in [0.29, 0.717) is 15.9 Å². The maximum atomic E-state index is 12.6. The minimum Gasteiger partial charge on any atom is -0.444 e. The third-order valence-electron chi connectivity index (χ3n) is 5.38. The Kier molecular flexibility index (Phi) is 5.70. The number of rotatable bonds is 5. The van der Waals surface area contributed by atoms with Gasteiger partial charge in [0.2, 0.25) is 0 Å². The van der Waals surface area contributed by atoms with Crippen molar-refractivity contribution in [3.05, 3.63) is 41.3 Å². The maximum absolute atomic E-state index is 12.6. The lowest BCUT2D eigenvalue weighted by Gasteiger charge is -2.44. The molecule has 2 N–H and O–H groups in total. The predicted octanol–water partition coefficient (Wildman–Crippen LogP) is 3.87. The van der Waals surface area contributed by atoms with Crippen molar-refractivity contribution in [2.75, 3.05) is 25.0 Å². The van der Waals surface area contributed by atoms with Gasteiger partial charge in [-0.2, -0.15) is 13.2 Å². The summed E-state index contributed by atoms with van der Waals surface area (Å²) in [5, 5.41) is 5.23. The minimum absolute atomic E-state index is 0.0568. The first-order valence-corrected chi connectivity index (χ1v) is 10.4. The number of thiophene rings is 1. The highest BCUT2D eigenvalue weighted by Crippen LogP contribution is 2.35. The fourth-order valence-corrected chi connectivity index (χ4v) is 4.60. The van der Waals surface area contributed by atoms with E-state index in [2.05, 4.69) is 10.2 Å². The van der Waals surface area contributed by atoms with Gasteiger partial charge in [-0.3, -0.25) is 9.59 Å². The summed E-state index contributed by atoms with van der Waals surface area (Å²) in [4.78, 5) is 26.7. The van der Waals surface area contributed by atoms with E-state index in [4.69, 9.17) is 4.74 Å². The summed E-state index contributed by atoms with van der Waals surface area (Å²) in [5.41, 5.74) is -0.105. The molecule has 160 valence electrons. The van der Waals surface area contributed by atoms with E-state index in [1.54, 1.807) is 23.5 Å². The maximum Gasteiger partial charge on any atom is 0.471 e. The summed E-state index contributed by atoms with van der Waals surface area (Å²) in [7, 11) is 0. The molecule has 0 aliphatic carbocycles. The molecule has 2 amide bonds. The van der Waals surface area contributed by atoms with Crippen LogP contribution in [0.5, 0.6) is 10.8 Å². The number of alkyl halides is 3. The number of para-hydroxylation sites is 2. The third-order valence-corrected chi connectivity index (χ3v) is 6.34. The van der Waals surface area contributed by atoms with Crippen LogP contribution < -0.4 is 15.4 Å². The number of ether oxygens (including phenoxy) is 1. The number of amides is 2. The molecule has 4 heterocycles. The van der Waals surface area contributed by atoms with Gasteiger partial charge in [0.25, 0.3) is 5.91 Å². The largest absolute Gasteiger partial charge is 0.471 e. The normalized spacial score (nSPS) is 23.1. The molecule has 3 saturated heterocycles. The number of anilines is 1. The van der Waals surface area contributed by atoms with Gasteiger partial charge in [0.1, 0.15) is 0 Å². The van der Waals surface area contributed by atoms with Crippen molar-refractivity contribution in [3.63, 3.8) is 0 Å². The van der Waals surface area contributed by atoms with E-state index in [1.165, 1.54) is 18.2 Å². The number of nitrogens with zero attached hydrogens (tertiary/aromatic N) is 1. The lowest BCUT2D eigenvalue weighted by atomic mass is 9.84. The molecule has 1 aromatic carbocycles. The van der Waals surface area contributed by atoms with Crippen LogP contribution in [0.3, 0.4) is 0 Å². The van der Waals surface area contributed by atoms with Gasteiger partial charge in [0.05, 0.1) is 10.6 Å². The molecule has 3 fully saturated rings. The van der Waals surface area contributed by atoms with Crippen molar-refractivity contribution in [1.29, 1.82) is 0 Å². The summed E-state index contributed by atoms with van der Waals surface area (Å²) < 4.78 is 43.2. The Morgan fingerprint density at radius 2 is 1.83 bits per heavy atom. The van der Waals surface area contributed by atoms with Gasteiger partial charge in [-0.15, -0.1) is 0 Å². The van der Waals surface area contributed by atoms with Crippen LogP contribution in [0.1, 0.15) is 22.5 Å². The number of halogens is 3. The molecule has 2 aromatic rings. The Bertz CT molecular complexity index is 939. The smallest absolute Gasteiger partial charge is 0.444 e. The highest BCUT2D eigenvalue weighted by atomic mass is 32.1.